The summed E-state index contributed by atoms with van der Waals surface area (Å²) in [6.45, 7) is -1.85. The fourth-order valence-corrected chi connectivity index (χ4v) is 1.73. The molecule has 0 aliphatic carbocycles. The van der Waals surface area contributed by atoms with Crippen LogP contribution >= 0.6 is 0 Å². The van der Waals surface area contributed by atoms with E-state index >= 15 is 0 Å². The molecule has 0 saturated carbocycles. The zero-order valence-corrected chi connectivity index (χ0v) is 12.1. The highest BCUT2D eigenvalue weighted by molar-refractivity contribution is 5.89. The number of hydrogen-bond donors (Lipinski definition) is 8. The van der Waals surface area contributed by atoms with Crippen LogP contribution in [0, 0.1) is 0 Å². The lowest BCUT2D eigenvalue weighted by Gasteiger charge is -2.25. The molecule has 12 nitrogen and oxygen atoms in total. The third kappa shape index (κ3) is 4.31. The highest BCUT2D eigenvalue weighted by Crippen LogP contribution is 2.21. The molecular formula is C12H18O12. The van der Waals surface area contributed by atoms with Gasteiger partial charge in [0.1, 0.15) is 31.0 Å². The van der Waals surface area contributed by atoms with Crippen LogP contribution in [0.5, 0.6) is 0 Å². The Balaban J connectivity index is 2.55. The van der Waals surface area contributed by atoms with Crippen molar-refractivity contribution < 1.29 is 59.9 Å². The molecule has 0 bridgehead atoms. The lowest BCUT2D eigenvalue weighted by molar-refractivity contribution is -0.175. The number of aliphatic hydroxyl groups excluding tert-OH is 8. The van der Waals surface area contributed by atoms with Gasteiger partial charge in [0.15, 0.2) is 18.0 Å². The lowest BCUT2D eigenvalue weighted by Crippen LogP contribution is -2.49. The molecule has 1 rings (SSSR count). The van der Waals surface area contributed by atoms with Gasteiger partial charge in [-0.1, -0.05) is 0 Å². The summed E-state index contributed by atoms with van der Waals surface area (Å²) in [5.74, 6) is -4.88. The van der Waals surface area contributed by atoms with Crippen molar-refractivity contribution in [1.29, 1.82) is 0 Å². The van der Waals surface area contributed by atoms with Gasteiger partial charge >= 0.3 is 11.9 Å². The summed E-state index contributed by atoms with van der Waals surface area (Å²) in [5.41, 5.74) is 0. The van der Waals surface area contributed by atoms with Gasteiger partial charge in [0, 0.05) is 0 Å². The minimum atomic E-state index is -2.32. The molecule has 12 heteroatoms. The summed E-state index contributed by atoms with van der Waals surface area (Å²) < 4.78 is 8.83. The molecule has 0 spiro atoms. The number of aliphatic hydroxyl groups is 8. The van der Waals surface area contributed by atoms with Crippen molar-refractivity contribution in [2.45, 2.75) is 36.6 Å². The van der Waals surface area contributed by atoms with Crippen molar-refractivity contribution >= 4 is 11.9 Å². The van der Waals surface area contributed by atoms with E-state index in [0.29, 0.717) is 0 Å². The number of carbonyl (C=O) groups excluding carboxylic acids is 2. The maximum absolute atomic E-state index is 11.5. The van der Waals surface area contributed by atoms with E-state index in [1.165, 1.54) is 0 Å². The molecule has 6 atom stereocenters. The molecule has 1 aliphatic rings. The van der Waals surface area contributed by atoms with Crippen LogP contribution in [0.15, 0.2) is 11.5 Å². The summed E-state index contributed by atoms with van der Waals surface area (Å²) >= 11 is 0. The standard InChI is InChI=1S/C12H18O12/c13-1-3(14)5(16)6(17)8(19)11(21)23-2-4(15)10-7(18)9(20)12(22)24-10/h3-6,8,10,13-20H,1-2H2/t3-,4-,5+,6+,8-,10-/m1/s1. The minimum Gasteiger partial charge on any atom is -0.505 e. The molecule has 8 N–H and O–H groups in total. The van der Waals surface area contributed by atoms with E-state index in [1.54, 1.807) is 0 Å². The Labute approximate surface area is 134 Å². The van der Waals surface area contributed by atoms with Crippen LogP contribution in [0.25, 0.3) is 0 Å². The van der Waals surface area contributed by atoms with Crippen LogP contribution in [0.3, 0.4) is 0 Å². The molecule has 0 aromatic heterocycles. The molecule has 1 heterocycles. The normalized spacial score (nSPS) is 24.1. The third-order valence-electron chi connectivity index (χ3n) is 3.18. The van der Waals surface area contributed by atoms with Crippen LogP contribution in [0.4, 0.5) is 0 Å². The number of ether oxygens (including phenoxy) is 2. The van der Waals surface area contributed by atoms with Crippen LogP contribution in [0.1, 0.15) is 0 Å². The number of hydrogen-bond acceptors (Lipinski definition) is 12. The predicted octanol–water partition coefficient (Wildman–Crippen LogP) is -4.42. The molecule has 0 saturated heterocycles. The summed E-state index contributed by atoms with van der Waals surface area (Å²) in [7, 11) is 0. The van der Waals surface area contributed by atoms with Crippen LogP contribution in [-0.2, 0) is 19.1 Å². The monoisotopic (exact) mass is 354 g/mol. The molecule has 0 unspecified atom stereocenters. The predicted molar refractivity (Wildman–Crippen MR) is 70.2 cm³/mol. The Hall–Kier alpha value is -1.96. The second kappa shape index (κ2) is 8.23. The smallest absolute Gasteiger partial charge is 0.377 e. The number of esters is 2. The van der Waals surface area contributed by atoms with Crippen molar-refractivity contribution in [3.63, 3.8) is 0 Å². The molecule has 0 aromatic carbocycles. The molecular weight excluding hydrogens is 336 g/mol. The Bertz CT molecular complexity index is 502. The minimum absolute atomic E-state index is 0.906. The first-order valence-corrected chi connectivity index (χ1v) is 6.62. The zero-order chi connectivity index (χ0) is 18.6. The molecule has 0 aromatic rings. The van der Waals surface area contributed by atoms with Gasteiger partial charge in [-0.05, 0) is 0 Å². The van der Waals surface area contributed by atoms with Gasteiger partial charge in [0.25, 0.3) is 0 Å². The van der Waals surface area contributed by atoms with Gasteiger partial charge in [0.05, 0.1) is 6.61 Å². The van der Waals surface area contributed by atoms with Crippen molar-refractivity contribution in [2.24, 2.45) is 0 Å². The largest absolute Gasteiger partial charge is 0.505 e. The fraction of sp³-hybridized carbons (Fsp3) is 0.667. The highest BCUT2D eigenvalue weighted by Gasteiger charge is 2.40. The summed E-state index contributed by atoms with van der Waals surface area (Å²) in [6, 6.07) is 0. The fourth-order valence-electron chi connectivity index (χ4n) is 1.73. The van der Waals surface area contributed by atoms with Gasteiger partial charge in [-0.25, -0.2) is 9.59 Å². The Morgan fingerprint density at radius 2 is 1.71 bits per heavy atom. The van der Waals surface area contributed by atoms with Gasteiger partial charge in [-0.15, -0.1) is 0 Å². The Morgan fingerprint density at radius 1 is 1.12 bits per heavy atom. The van der Waals surface area contributed by atoms with Crippen LogP contribution in [-0.4, -0.2) is 103 Å². The third-order valence-corrected chi connectivity index (χ3v) is 3.18. The zero-order valence-electron chi connectivity index (χ0n) is 12.1. The second-order valence-corrected chi connectivity index (χ2v) is 4.93. The average Bonchev–Trinajstić information content (AvgIpc) is 2.83. The van der Waals surface area contributed by atoms with E-state index in [4.69, 9.17) is 15.3 Å². The first-order chi connectivity index (χ1) is 11.1. The van der Waals surface area contributed by atoms with E-state index in [2.05, 4.69) is 9.47 Å². The molecule has 1 aliphatic heterocycles. The maximum Gasteiger partial charge on any atom is 0.377 e. The topological polar surface area (TPSA) is 214 Å². The summed E-state index contributed by atoms with van der Waals surface area (Å²) in [4.78, 5) is 22.4. The lowest BCUT2D eigenvalue weighted by atomic mass is 10.0. The van der Waals surface area contributed by atoms with Crippen molar-refractivity contribution in [2.75, 3.05) is 13.2 Å². The van der Waals surface area contributed by atoms with E-state index in [1.807, 2.05) is 0 Å². The molecule has 138 valence electrons. The first-order valence-electron chi connectivity index (χ1n) is 6.62. The highest BCUT2D eigenvalue weighted by atomic mass is 16.6. The molecule has 0 radical (unpaired) electrons. The van der Waals surface area contributed by atoms with Crippen molar-refractivity contribution in [3.8, 4) is 0 Å². The van der Waals surface area contributed by atoms with Crippen LogP contribution < -0.4 is 0 Å². The van der Waals surface area contributed by atoms with E-state index in [0.717, 1.165) is 0 Å². The Kier molecular flexibility index (Phi) is 6.89. The van der Waals surface area contributed by atoms with Gasteiger partial charge in [-0.2, -0.15) is 0 Å². The quantitative estimate of drug-likeness (QED) is 0.194. The van der Waals surface area contributed by atoms with Crippen molar-refractivity contribution in [3.05, 3.63) is 11.5 Å². The SMILES string of the molecule is O=C1O[C@H]([C@H](O)COC(=O)[C@H](O)[C@@H](O)[C@@H](O)[C@H](O)CO)C(O)=C1O. The van der Waals surface area contributed by atoms with Gasteiger partial charge in [-0.3, -0.25) is 0 Å². The van der Waals surface area contributed by atoms with Gasteiger partial charge in [0.2, 0.25) is 5.76 Å². The van der Waals surface area contributed by atoms with E-state index in [9.17, 15) is 35.1 Å². The van der Waals surface area contributed by atoms with Crippen molar-refractivity contribution in [1.82, 2.24) is 0 Å². The molecule has 0 amide bonds. The number of cyclic esters (lactones) is 1. The molecule has 0 fully saturated rings. The van der Waals surface area contributed by atoms with E-state index < -0.39 is 73.3 Å². The molecule has 24 heavy (non-hydrogen) atoms. The Morgan fingerprint density at radius 3 is 2.17 bits per heavy atom. The first kappa shape index (κ1) is 20.1. The maximum atomic E-state index is 11.5. The van der Waals surface area contributed by atoms with Gasteiger partial charge < -0.3 is 50.3 Å². The number of rotatable bonds is 8. The number of carbonyl (C=O) groups is 2. The summed E-state index contributed by atoms with van der Waals surface area (Å²) in [6.07, 6.45) is -11.9. The summed E-state index contributed by atoms with van der Waals surface area (Å²) in [5, 5.41) is 74.0. The second-order valence-electron chi connectivity index (χ2n) is 4.93. The average molecular weight is 354 g/mol. The van der Waals surface area contributed by atoms with E-state index in [-0.39, 0.29) is 0 Å². The van der Waals surface area contributed by atoms with Crippen LogP contribution in [0.2, 0.25) is 0 Å².